The molecule has 7 N–H and O–H groups in total. The van der Waals surface area contributed by atoms with Crippen LogP contribution >= 0.6 is 11.8 Å². The number of aromatic amines is 1. The topological polar surface area (TPSA) is 190 Å². The summed E-state index contributed by atoms with van der Waals surface area (Å²) < 4.78 is 4.12. The number of thioether (sulfide) groups is 1. The summed E-state index contributed by atoms with van der Waals surface area (Å²) in [4.78, 5) is 49.8. The number of amides is 3. The van der Waals surface area contributed by atoms with E-state index in [1.54, 1.807) is 0 Å². The molecular formula is C21H30N4O8S. The van der Waals surface area contributed by atoms with E-state index in [1.165, 1.54) is 11.8 Å². The van der Waals surface area contributed by atoms with Crippen LogP contribution in [-0.2, 0) is 14.4 Å². The van der Waals surface area contributed by atoms with Gasteiger partial charge in [0.05, 0.1) is 12.1 Å². The Morgan fingerprint density at radius 3 is 2.59 bits per heavy atom. The third kappa shape index (κ3) is 6.27. The fourth-order valence-corrected chi connectivity index (χ4v) is 5.89. The number of ether oxygens (including phenoxy) is 1. The van der Waals surface area contributed by atoms with Gasteiger partial charge in [-0.15, -0.1) is 11.8 Å². The molecule has 0 saturated carbocycles. The third-order valence-corrected chi connectivity index (χ3v) is 7.60. The Kier molecular flexibility index (Phi) is 8.53. The molecule has 3 heterocycles. The molecule has 0 spiro atoms. The second-order valence-electron chi connectivity index (χ2n) is 8.41. The molecule has 1 aromatic heterocycles. The minimum atomic E-state index is -0.877. The number of urea groups is 1. The van der Waals surface area contributed by atoms with Crippen LogP contribution in [0.1, 0.15) is 51.4 Å². The molecule has 13 heteroatoms. The van der Waals surface area contributed by atoms with Crippen LogP contribution in [0.5, 0.6) is 17.5 Å². The molecule has 3 rings (SSSR count). The minimum absolute atomic E-state index is 0.0361. The Hall–Kier alpha value is -3.09. The highest BCUT2D eigenvalue weighted by atomic mass is 32.2. The summed E-state index contributed by atoms with van der Waals surface area (Å²) >= 11 is 1.49. The molecule has 0 radical (unpaired) electrons. The summed E-state index contributed by atoms with van der Waals surface area (Å²) in [6.45, 7) is 0.399. The summed E-state index contributed by atoms with van der Waals surface area (Å²) in [5.41, 5.74) is 0. The molecule has 3 amide bonds. The SMILES string of the molecule is O=C(O)CCCC[C@]1(C(=O)NCCCCCC(=O)Oc2cc(O)[nH]c2O)SC[C@@H]2NC(=O)N[C@@H]21. The zero-order chi connectivity index (χ0) is 24.7. The highest BCUT2D eigenvalue weighted by molar-refractivity contribution is 8.01. The molecule has 2 saturated heterocycles. The van der Waals surface area contributed by atoms with Crippen molar-refractivity contribution in [3.05, 3.63) is 6.07 Å². The number of aliphatic carboxylic acids is 1. The predicted octanol–water partition coefficient (Wildman–Crippen LogP) is 1.19. The highest BCUT2D eigenvalue weighted by Gasteiger charge is 2.57. The van der Waals surface area contributed by atoms with Crippen molar-refractivity contribution in [1.29, 1.82) is 0 Å². The zero-order valence-electron chi connectivity index (χ0n) is 18.6. The standard InChI is InChI=1S/C21H30N4O8S/c26-14-10-13(18(30)24-14)33-16(29)7-2-1-5-9-22-19(31)21(8-4-3-6-15(27)28)17-12(11-34-21)23-20(32)25-17/h10,12,17,24,26,30H,1-9,11H2,(H,22,31)(H,27,28)(H2,23,25,32)/t12-,17-,21-/m0/s1. The number of carbonyl (C=O) groups is 4. The predicted molar refractivity (Wildman–Crippen MR) is 122 cm³/mol. The van der Waals surface area contributed by atoms with E-state index in [-0.39, 0.29) is 48.5 Å². The number of fused-ring (bicyclic) bond motifs is 1. The summed E-state index contributed by atoms with van der Waals surface area (Å²) in [5.74, 6) is -1.86. The van der Waals surface area contributed by atoms with Crippen molar-refractivity contribution in [1.82, 2.24) is 20.9 Å². The number of esters is 1. The van der Waals surface area contributed by atoms with Gasteiger partial charge < -0.3 is 36.0 Å². The second kappa shape index (κ2) is 11.4. The van der Waals surface area contributed by atoms with Crippen LogP contribution in [-0.4, -0.2) is 73.3 Å². The van der Waals surface area contributed by atoms with E-state index in [2.05, 4.69) is 20.9 Å². The second-order valence-corrected chi connectivity index (χ2v) is 9.76. The number of nitrogens with one attached hydrogen (secondary N) is 4. The van der Waals surface area contributed by atoms with Crippen molar-refractivity contribution in [3.63, 3.8) is 0 Å². The lowest BCUT2D eigenvalue weighted by Gasteiger charge is -2.32. The molecule has 3 atom stereocenters. The Morgan fingerprint density at radius 1 is 1.12 bits per heavy atom. The van der Waals surface area contributed by atoms with Crippen molar-refractivity contribution in [2.75, 3.05) is 12.3 Å². The third-order valence-electron chi connectivity index (χ3n) is 5.92. The molecule has 0 bridgehead atoms. The smallest absolute Gasteiger partial charge is 0.315 e. The number of hydrogen-bond acceptors (Lipinski definition) is 8. The first-order chi connectivity index (χ1) is 16.2. The van der Waals surface area contributed by atoms with Gasteiger partial charge in [0, 0.05) is 31.2 Å². The lowest BCUT2D eigenvalue weighted by molar-refractivity contribution is -0.137. The van der Waals surface area contributed by atoms with E-state index >= 15 is 0 Å². The van der Waals surface area contributed by atoms with E-state index < -0.39 is 22.6 Å². The van der Waals surface area contributed by atoms with Gasteiger partial charge in [0.25, 0.3) is 0 Å². The maximum atomic E-state index is 13.2. The van der Waals surface area contributed by atoms with E-state index in [4.69, 9.17) is 9.84 Å². The number of carbonyl (C=O) groups excluding carboxylic acids is 3. The minimum Gasteiger partial charge on any atom is -0.494 e. The molecule has 34 heavy (non-hydrogen) atoms. The fourth-order valence-electron chi connectivity index (χ4n) is 4.24. The molecule has 0 aromatic carbocycles. The van der Waals surface area contributed by atoms with E-state index in [9.17, 15) is 29.4 Å². The van der Waals surface area contributed by atoms with Gasteiger partial charge in [-0.05, 0) is 25.7 Å². The van der Waals surface area contributed by atoms with Crippen molar-refractivity contribution >= 4 is 35.6 Å². The maximum absolute atomic E-state index is 13.2. The molecule has 2 fully saturated rings. The molecule has 1 aromatic rings. The van der Waals surface area contributed by atoms with Gasteiger partial charge in [0.2, 0.25) is 11.8 Å². The van der Waals surface area contributed by atoms with E-state index in [1.807, 2.05) is 0 Å². The van der Waals surface area contributed by atoms with Crippen LogP contribution in [0.4, 0.5) is 4.79 Å². The van der Waals surface area contributed by atoms with Crippen LogP contribution in [0.15, 0.2) is 6.07 Å². The number of carboxylic acid groups (broad SMARTS) is 1. The summed E-state index contributed by atoms with van der Waals surface area (Å²) in [7, 11) is 0. The quantitative estimate of drug-likeness (QED) is 0.119. The molecule has 0 aliphatic carbocycles. The maximum Gasteiger partial charge on any atom is 0.315 e. The van der Waals surface area contributed by atoms with Crippen LogP contribution in [0.25, 0.3) is 0 Å². The average molecular weight is 499 g/mol. The summed E-state index contributed by atoms with van der Waals surface area (Å²) in [5, 5.41) is 36.2. The number of aromatic hydroxyl groups is 2. The van der Waals surface area contributed by atoms with Crippen LogP contribution in [0, 0.1) is 0 Å². The Bertz CT molecular complexity index is 923. The number of H-pyrrole nitrogens is 1. The van der Waals surface area contributed by atoms with Crippen LogP contribution in [0.3, 0.4) is 0 Å². The number of hydrogen-bond donors (Lipinski definition) is 7. The average Bonchev–Trinajstić information content (AvgIpc) is 3.40. The van der Waals surface area contributed by atoms with E-state index in [0.29, 0.717) is 50.8 Å². The van der Waals surface area contributed by atoms with Gasteiger partial charge in [-0.1, -0.05) is 12.8 Å². The Balaban J connectivity index is 1.41. The Morgan fingerprint density at radius 2 is 1.88 bits per heavy atom. The number of rotatable bonds is 13. The summed E-state index contributed by atoms with van der Waals surface area (Å²) in [6.07, 6.45) is 3.44. The highest BCUT2D eigenvalue weighted by Crippen LogP contribution is 2.44. The lowest BCUT2D eigenvalue weighted by atomic mass is 9.88. The first kappa shape index (κ1) is 25.5. The first-order valence-corrected chi connectivity index (χ1v) is 12.2. The molecule has 12 nitrogen and oxygen atoms in total. The lowest BCUT2D eigenvalue weighted by Crippen LogP contribution is -2.56. The molecule has 0 unspecified atom stereocenters. The monoisotopic (exact) mass is 498 g/mol. The van der Waals surface area contributed by atoms with Crippen molar-refractivity contribution < 1.29 is 39.2 Å². The van der Waals surface area contributed by atoms with Gasteiger partial charge in [0.15, 0.2) is 11.6 Å². The van der Waals surface area contributed by atoms with Gasteiger partial charge >= 0.3 is 18.0 Å². The molecule has 2 aliphatic heterocycles. The fraction of sp³-hybridized carbons (Fsp3) is 0.619. The van der Waals surface area contributed by atoms with Gasteiger partial charge in [0.1, 0.15) is 4.75 Å². The van der Waals surface area contributed by atoms with Crippen molar-refractivity contribution in [2.24, 2.45) is 0 Å². The normalized spacial score (nSPS) is 23.1. The Labute approximate surface area is 200 Å². The summed E-state index contributed by atoms with van der Waals surface area (Å²) in [6, 6.07) is 0.311. The molecular weight excluding hydrogens is 468 g/mol. The van der Waals surface area contributed by atoms with E-state index in [0.717, 1.165) is 6.07 Å². The van der Waals surface area contributed by atoms with Crippen molar-refractivity contribution in [2.45, 2.75) is 68.2 Å². The van der Waals surface area contributed by atoms with Crippen molar-refractivity contribution in [3.8, 4) is 17.5 Å². The number of carboxylic acids is 1. The van der Waals surface area contributed by atoms with Gasteiger partial charge in [-0.3, -0.25) is 19.4 Å². The first-order valence-electron chi connectivity index (χ1n) is 11.2. The van der Waals surface area contributed by atoms with Gasteiger partial charge in [-0.25, -0.2) is 4.79 Å². The van der Waals surface area contributed by atoms with Crippen LogP contribution < -0.4 is 20.7 Å². The number of unbranched alkanes of at least 4 members (excludes halogenated alkanes) is 3. The zero-order valence-corrected chi connectivity index (χ0v) is 19.4. The molecule has 2 aliphatic rings. The van der Waals surface area contributed by atoms with Crippen LogP contribution in [0.2, 0.25) is 0 Å². The molecule has 188 valence electrons. The number of aromatic nitrogens is 1. The largest absolute Gasteiger partial charge is 0.494 e. The van der Waals surface area contributed by atoms with Gasteiger partial charge in [-0.2, -0.15) is 0 Å².